The number of fused-ring (bicyclic) bond motifs is 1. The van der Waals surface area contributed by atoms with Gasteiger partial charge < -0.3 is 24.4 Å². The van der Waals surface area contributed by atoms with Gasteiger partial charge in [-0.2, -0.15) is 5.10 Å². The predicted octanol–water partition coefficient (Wildman–Crippen LogP) is 1.20. The summed E-state index contributed by atoms with van der Waals surface area (Å²) in [4.78, 5) is 21.1. The summed E-state index contributed by atoms with van der Waals surface area (Å²) < 4.78 is 12.5. The van der Waals surface area contributed by atoms with Crippen molar-refractivity contribution in [1.82, 2.24) is 19.6 Å². The van der Waals surface area contributed by atoms with E-state index in [-0.39, 0.29) is 23.9 Å². The minimum Gasteiger partial charge on any atom is -0.508 e. The van der Waals surface area contributed by atoms with Crippen molar-refractivity contribution in [3.63, 3.8) is 0 Å². The van der Waals surface area contributed by atoms with Gasteiger partial charge in [-0.05, 0) is 18.9 Å². The molecular weight excluding hydrogens is 410 g/mol. The minimum absolute atomic E-state index is 0.164. The van der Waals surface area contributed by atoms with Crippen LogP contribution in [-0.4, -0.2) is 77.3 Å². The van der Waals surface area contributed by atoms with Crippen molar-refractivity contribution < 1.29 is 19.4 Å². The number of aromatic hydroxyl groups is 1. The number of para-hydroxylation sites is 1. The number of aromatic nitrogens is 2. The van der Waals surface area contributed by atoms with Crippen LogP contribution >= 0.6 is 0 Å². The smallest absolute Gasteiger partial charge is 0.409 e. The van der Waals surface area contributed by atoms with Crippen LogP contribution < -0.4 is 10.7 Å². The summed E-state index contributed by atoms with van der Waals surface area (Å²) >= 11 is 0. The van der Waals surface area contributed by atoms with Gasteiger partial charge in [0.15, 0.2) is 5.49 Å². The van der Waals surface area contributed by atoms with Crippen LogP contribution in [0.25, 0.3) is 5.70 Å². The van der Waals surface area contributed by atoms with Crippen molar-refractivity contribution in [3.8, 4) is 5.75 Å². The van der Waals surface area contributed by atoms with Gasteiger partial charge in [0.1, 0.15) is 5.75 Å². The van der Waals surface area contributed by atoms with Gasteiger partial charge in [-0.15, -0.1) is 0 Å². The third-order valence-corrected chi connectivity index (χ3v) is 6.68. The number of piperidine rings is 1. The Labute approximate surface area is 186 Å². The molecule has 0 aliphatic carbocycles. The second-order valence-electron chi connectivity index (χ2n) is 8.47. The van der Waals surface area contributed by atoms with Gasteiger partial charge in [0.25, 0.3) is 0 Å². The third-order valence-electron chi connectivity index (χ3n) is 6.68. The first-order chi connectivity index (χ1) is 15.7. The zero-order valence-corrected chi connectivity index (χ0v) is 18.3. The van der Waals surface area contributed by atoms with Crippen molar-refractivity contribution >= 4 is 11.8 Å². The normalized spacial score (nSPS) is 21.8. The molecular formula is C23H29N5O4. The van der Waals surface area contributed by atoms with Crippen LogP contribution in [0.4, 0.5) is 4.79 Å². The van der Waals surface area contributed by atoms with Crippen LogP contribution in [0.15, 0.2) is 35.5 Å². The fraction of sp³-hybridized carbons (Fsp3) is 0.522. The van der Waals surface area contributed by atoms with E-state index in [1.54, 1.807) is 11.0 Å². The molecule has 1 aromatic heterocycles. The van der Waals surface area contributed by atoms with Crippen molar-refractivity contribution in [2.24, 2.45) is 4.99 Å². The molecule has 170 valence electrons. The number of phenols is 1. The van der Waals surface area contributed by atoms with Gasteiger partial charge in [-0.3, -0.25) is 4.99 Å². The summed E-state index contributed by atoms with van der Waals surface area (Å²) in [6.07, 6.45) is 3.96. The van der Waals surface area contributed by atoms with Gasteiger partial charge in [0.2, 0.25) is 0 Å². The summed E-state index contributed by atoms with van der Waals surface area (Å²) in [6.45, 7) is 4.36. The summed E-state index contributed by atoms with van der Waals surface area (Å²) in [7, 11) is 1.42. The second-order valence-corrected chi connectivity index (χ2v) is 8.47. The molecule has 4 heterocycles. The van der Waals surface area contributed by atoms with Crippen molar-refractivity contribution in [2.45, 2.75) is 31.3 Å². The number of nitrogens with zero attached hydrogens (tertiary/aromatic N) is 5. The van der Waals surface area contributed by atoms with Gasteiger partial charge in [-0.1, -0.05) is 18.2 Å². The van der Waals surface area contributed by atoms with Crippen molar-refractivity contribution in [1.29, 1.82) is 0 Å². The average molecular weight is 440 g/mol. The highest BCUT2D eigenvalue weighted by atomic mass is 16.5. The number of methoxy groups -OCH3 is 1. The first-order valence-electron chi connectivity index (χ1n) is 11.2. The summed E-state index contributed by atoms with van der Waals surface area (Å²) in [5.74, 6) is 0.267. The Kier molecular flexibility index (Phi) is 5.73. The molecule has 2 saturated heterocycles. The standard InChI is InChI=1S/C23H29N5O4/c1-31-23(30)27-8-6-16(7-9-27)28-22-18(15-24-28)20(26-10-12-32-13-11-26)14-19(25-22)17-4-2-3-5-21(17)29/h2-5,15-16,19,29H,6-14H2,1H3. The van der Waals surface area contributed by atoms with Crippen LogP contribution in [0.5, 0.6) is 5.75 Å². The molecule has 0 radical (unpaired) electrons. The molecule has 2 aromatic rings. The molecule has 3 aliphatic rings. The number of carbonyl (C=O) groups is 1. The summed E-state index contributed by atoms with van der Waals surface area (Å²) in [6, 6.07) is 7.42. The van der Waals surface area contributed by atoms with E-state index >= 15 is 0 Å². The Hall–Kier alpha value is -3.07. The highest BCUT2D eigenvalue weighted by molar-refractivity contribution is 5.67. The molecule has 3 aliphatic heterocycles. The van der Waals surface area contributed by atoms with Crippen LogP contribution in [0, 0.1) is 0 Å². The quantitative estimate of drug-likeness (QED) is 0.773. The lowest BCUT2D eigenvalue weighted by Gasteiger charge is -2.34. The molecule has 1 unspecified atom stereocenters. The van der Waals surface area contributed by atoms with E-state index in [0.717, 1.165) is 48.6 Å². The maximum Gasteiger partial charge on any atom is 0.409 e. The maximum atomic E-state index is 11.9. The number of hydrogen-bond donors (Lipinski definition) is 1. The molecule has 1 N–H and O–H groups in total. The molecule has 0 spiro atoms. The number of morpholine rings is 1. The molecule has 9 heteroatoms. The average Bonchev–Trinajstić information content (AvgIpc) is 3.28. The molecule has 0 saturated carbocycles. The molecule has 2 fully saturated rings. The molecule has 32 heavy (non-hydrogen) atoms. The highest BCUT2D eigenvalue weighted by Gasteiger charge is 2.29. The number of ether oxygens (including phenoxy) is 2. The van der Waals surface area contributed by atoms with Crippen LogP contribution in [0.3, 0.4) is 0 Å². The Balaban J connectivity index is 1.53. The van der Waals surface area contributed by atoms with Crippen LogP contribution in [0.2, 0.25) is 0 Å². The molecule has 9 nitrogen and oxygen atoms in total. The summed E-state index contributed by atoms with van der Waals surface area (Å²) in [5.41, 5.74) is 2.91. The summed E-state index contributed by atoms with van der Waals surface area (Å²) in [5, 5.41) is 16.3. The van der Waals surface area contributed by atoms with Crippen molar-refractivity contribution in [2.75, 3.05) is 46.5 Å². The highest BCUT2D eigenvalue weighted by Crippen LogP contribution is 2.33. The Morgan fingerprint density at radius 1 is 1.16 bits per heavy atom. The van der Waals surface area contributed by atoms with Gasteiger partial charge in [0, 0.05) is 43.9 Å². The minimum atomic E-state index is -0.279. The third kappa shape index (κ3) is 3.81. The van der Waals surface area contributed by atoms with E-state index in [4.69, 9.17) is 19.6 Å². The number of rotatable bonds is 3. The fourth-order valence-electron chi connectivity index (χ4n) is 4.95. The fourth-order valence-corrected chi connectivity index (χ4v) is 4.95. The molecule has 0 bridgehead atoms. The van der Waals surface area contributed by atoms with Gasteiger partial charge in [0.05, 0.1) is 43.8 Å². The molecule has 5 rings (SSSR count). The number of phenolic OH excluding ortho intramolecular Hbond substituents is 1. The van der Waals surface area contributed by atoms with E-state index in [2.05, 4.69) is 4.90 Å². The lowest BCUT2D eigenvalue weighted by molar-refractivity contribution is 0.0616. The van der Waals surface area contributed by atoms with Gasteiger partial charge >= 0.3 is 6.09 Å². The zero-order valence-electron chi connectivity index (χ0n) is 18.3. The van der Waals surface area contributed by atoms with E-state index < -0.39 is 0 Å². The van der Waals surface area contributed by atoms with Crippen molar-refractivity contribution in [3.05, 3.63) is 46.7 Å². The number of benzene rings is 1. The number of hydrogen-bond acceptors (Lipinski definition) is 7. The Bertz CT molecular complexity index is 1100. The second kappa shape index (κ2) is 8.82. The SMILES string of the molecule is COC(=O)N1CCC(n2ncc3c2=NC(c2ccccc2O)CC=3N2CCOCC2)CC1. The molecule has 1 amide bonds. The largest absolute Gasteiger partial charge is 0.508 e. The molecule has 1 atom stereocenters. The number of carbonyl (C=O) groups excluding carboxylic acids is 1. The zero-order chi connectivity index (χ0) is 22.1. The Morgan fingerprint density at radius 2 is 1.91 bits per heavy atom. The maximum absolute atomic E-state index is 11.9. The number of amides is 1. The Morgan fingerprint density at radius 3 is 2.62 bits per heavy atom. The first kappa shape index (κ1) is 20.8. The lowest BCUT2D eigenvalue weighted by Crippen LogP contribution is -2.46. The van der Waals surface area contributed by atoms with E-state index in [1.165, 1.54) is 12.8 Å². The first-order valence-corrected chi connectivity index (χ1v) is 11.2. The predicted molar refractivity (Wildman–Crippen MR) is 117 cm³/mol. The van der Waals surface area contributed by atoms with Gasteiger partial charge in [-0.25, -0.2) is 9.48 Å². The number of likely N-dealkylation sites (tertiary alicyclic amines) is 1. The molecule has 1 aromatic carbocycles. The lowest BCUT2D eigenvalue weighted by atomic mass is 9.98. The van der Waals surface area contributed by atoms with E-state index in [1.807, 2.05) is 29.1 Å². The topological polar surface area (TPSA) is 92.4 Å². The van der Waals surface area contributed by atoms with Crippen LogP contribution in [-0.2, 0) is 9.47 Å². The van der Waals surface area contributed by atoms with E-state index in [0.29, 0.717) is 26.3 Å². The van der Waals surface area contributed by atoms with E-state index in [9.17, 15) is 9.90 Å². The monoisotopic (exact) mass is 439 g/mol. The van der Waals surface area contributed by atoms with Crippen LogP contribution in [0.1, 0.15) is 36.9 Å².